The smallest absolute Gasteiger partial charge is 0.338 e. The molecule has 1 aliphatic rings. The molecule has 0 saturated heterocycles. The third kappa shape index (κ3) is 8.55. The first-order valence-corrected chi connectivity index (χ1v) is 17.0. The Balaban J connectivity index is 1.17. The van der Waals surface area contributed by atoms with Gasteiger partial charge in [-0.15, -0.1) is 0 Å². The van der Waals surface area contributed by atoms with Crippen molar-refractivity contribution >= 4 is 80.1 Å². The van der Waals surface area contributed by atoms with Crippen LogP contribution in [0.5, 0.6) is 17.2 Å². The largest absolute Gasteiger partial charge is 0.493 e. The van der Waals surface area contributed by atoms with Crippen molar-refractivity contribution in [1.29, 1.82) is 0 Å². The van der Waals surface area contributed by atoms with Crippen molar-refractivity contribution < 1.29 is 33.3 Å². The van der Waals surface area contributed by atoms with E-state index in [1.165, 1.54) is 17.9 Å². The standard InChI is InChI=1S/C35H32I2N4O7/c1-4-46-34(43)31-20(2)39-35(44)40-32(31)25-11-12-28(29(16-25)45-3)47-19-30(42)41-38-17-22-14-26(36)33(27(37)15-22)48-18-21-9-10-23-7-5-6-8-24(23)13-21/h5-17,32H,4,18-19H2,1-3H3,(H,41,42)(H2,39,40,44)/b38-17-/t32-/m0/s1. The fraction of sp³-hybridized carbons (Fsp3) is 0.200. The van der Waals surface area contributed by atoms with Crippen LogP contribution in [-0.4, -0.2) is 44.4 Å². The lowest BCUT2D eigenvalue weighted by Gasteiger charge is -2.28. The summed E-state index contributed by atoms with van der Waals surface area (Å²) in [6, 6.07) is 22.0. The number of hydrazone groups is 1. The molecule has 0 bridgehead atoms. The van der Waals surface area contributed by atoms with Crippen molar-refractivity contribution in [2.24, 2.45) is 5.10 Å². The van der Waals surface area contributed by atoms with Gasteiger partial charge in [0, 0.05) is 5.70 Å². The molecule has 1 atom stereocenters. The van der Waals surface area contributed by atoms with E-state index in [9.17, 15) is 14.4 Å². The van der Waals surface area contributed by atoms with Crippen molar-refractivity contribution in [1.82, 2.24) is 16.1 Å². The van der Waals surface area contributed by atoms with E-state index in [-0.39, 0.29) is 18.8 Å². The second-order valence-corrected chi connectivity index (χ2v) is 12.9. The fourth-order valence-electron chi connectivity index (χ4n) is 5.04. The fourth-order valence-corrected chi connectivity index (χ4v) is 7.16. The van der Waals surface area contributed by atoms with Gasteiger partial charge in [0.25, 0.3) is 5.91 Å². The summed E-state index contributed by atoms with van der Waals surface area (Å²) in [7, 11) is 1.45. The first kappa shape index (κ1) is 34.9. The topological polar surface area (TPSA) is 137 Å². The highest BCUT2D eigenvalue weighted by atomic mass is 127. The van der Waals surface area contributed by atoms with Crippen LogP contribution in [0.15, 0.2) is 89.2 Å². The molecule has 48 heavy (non-hydrogen) atoms. The molecule has 5 rings (SSSR count). The zero-order valence-electron chi connectivity index (χ0n) is 26.3. The number of nitrogens with zero attached hydrogens (tertiary/aromatic N) is 1. The van der Waals surface area contributed by atoms with Crippen LogP contribution >= 0.6 is 45.2 Å². The Kier molecular flexibility index (Phi) is 11.8. The summed E-state index contributed by atoms with van der Waals surface area (Å²) in [6.45, 7) is 3.63. The van der Waals surface area contributed by atoms with Gasteiger partial charge in [-0.25, -0.2) is 15.0 Å². The average molecular weight is 874 g/mol. The number of benzene rings is 4. The molecule has 13 heteroatoms. The molecule has 0 radical (unpaired) electrons. The van der Waals surface area contributed by atoms with Crippen LogP contribution < -0.4 is 30.3 Å². The maximum atomic E-state index is 12.6. The summed E-state index contributed by atoms with van der Waals surface area (Å²) < 4.78 is 24.4. The number of amides is 3. The van der Waals surface area contributed by atoms with Gasteiger partial charge < -0.3 is 29.6 Å². The number of rotatable bonds is 12. The SMILES string of the molecule is CCOC(=O)C1=C(C)NC(=O)N[C@H]1c1ccc(OCC(=O)N/N=C\c2cc(I)c(OCc3ccc4ccccc4c3)c(I)c2)c(OC)c1. The second kappa shape index (κ2) is 16.1. The van der Waals surface area contributed by atoms with Crippen LogP contribution in [0.4, 0.5) is 4.79 Å². The predicted molar refractivity (Wildman–Crippen MR) is 198 cm³/mol. The number of hydrogen-bond donors (Lipinski definition) is 3. The maximum Gasteiger partial charge on any atom is 0.338 e. The predicted octanol–water partition coefficient (Wildman–Crippen LogP) is 6.36. The highest BCUT2D eigenvalue weighted by Crippen LogP contribution is 2.35. The summed E-state index contributed by atoms with van der Waals surface area (Å²) >= 11 is 4.45. The number of carbonyl (C=O) groups is 3. The molecule has 4 aromatic carbocycles. The molecule has 0 saturated carbocycles. The van der Waals surface area contributed by atoms with Crippen molar-refractivity contribution in [3.05, 3.63) is 108 Å². The Morgan fingerprint density at radius 1 is 0.958 bits per heavy atom. The van der Waals surface area contributed by atoms with Gasteiger partial charge in [0.2, 0.25) is 0 Å². The number of hydrogen-bond acceptors (Lipinski definition) is 8. The van der Waals surface area contributed by atoms with Crippen LogP contribution in [0.3, 0.4) is 0 Å². The van der Waals surface area contributed by atoms with E-state index in [1.807, 2.05) is 24.3 Å². The van der Waals surface area contributed by atoms with Crippen LogP contribution in [0, 0.1) is 7.14 Å². The number of carbonyl (C=O) groups excluding carboxylic acids is 3. The third-order valence-corrected chi connectivity index (χ3v) is 8.87. The van der Waals surface area contributed by atoms with Crippen molar-refractivity contribution in [2.45, 2.75) is 26.5 Å². The van der Waals surface area contributed by atoms with Gasteiger partial charge in [0.05, 0.1) is 38.7 Å². The van der Waals surface area contributed by atoms with Gasteiger partial charge in [0.15, 0.2) is 18.1 Å². The first-order valence-electron chi connectivity index (χ1n) is 14.8. The van der Waals surface area contributed by atoms with Crippen molar-refractivity contribution in [2.75, 3.05) is 20.3 Å². The molecule has 3 amide bonds. The molecule has 1 aliphatic heterocycles. The monoisotopic (exact) mass is 874 g/mol. The Labute approximate surface area is 304 Å². The second-order valence-electron chi connectivity index (χ2n) is 10.6. The summed E-state index contributed by atoms with van der Waals surface area (Å²) in [4.78, 5) is 37.4. The highest BCUT2D eigenvalue weighted by molar-refractivity contribution is 14.1. The molecule has 0 fully saturated rings. The van der Waals surface area contributed by atoms with Crippen molar-refractivity contribution in [3.8, 4) is 17.2 Å². The average Bonchev–Trinajstić information content (AvgIpc) is 3.06. The first-order chi connectivity index (χ1) is 23.2. The zero-order valence-corrected chi connectivity index (χ0v) is 30.6. The van der Waals surface area contributed by atoms with E-state index in [4.69, 9.17) is 18.9 Å². The van der Waals surface area contributed by atoms with Gasteiger partial charge >= 0.3 is 12.0 Å². The van der Waals surface area contributed by atoms with E-state index >= 15 is 0 Å². The quantitative estimate of drug-likeness (QED) is 0.0653. The molecule has 0 aromatic heterocycles. The molecule has 0 unspecified atom stereocenters. The van der Waals surface area contributed by atoms with Gasteiger partial charge in [-0.1, -0.05) is 42.5 Å². The number of methoxy groups -OCH3 is 1. The summed E-state index contributed by atoms with van der Waals surface area (Å²) in [5, 5.41) is 11.8. The van der Waals surface area contributed by atoms with Crippen LogP contribution in [0.1, 0.15) is 36.6 Å². The molecule has 0 spiro atoms. The number of halogens is 2. The summed E-state index contributed by atoms with van der Waals surface area (Å²) in [5.74, 6) is 0.359. The summed E-state index contributed by atoms with van der Waals surface area (Å²) in [6.07, 6.45) is 1.55. The molecule has 248 valence electrons. The van der Waals surface area contributed by atoms with E-state index in [1.54, 1.807) is 38.3 Å². The van der Waals surface area contributed by atoms with Crippen LogP contribution in [-0.2, 0) is 20.9 Å². The molecule has 3 N–H and O–H groups in total. The Morgan fingerprint density at radius 3 is 2.44 bits per heavy atom. The number of nitrogens with one attached hydrogen (secondary N) is 3. The van der Waals surface area contributed by atoms with Crippen molar-refractivity contribution in [3.63, 3.8) is 0 Å². The Hall–Kier alpha value is -4.38. The molecule has 1 heterocycles. The number of allylic oxidation sites excluding steroid dienone is 1. The molecular weight excluding hydrogens is 842 g/mol. The van der Waals surface area contributed by atoms with E-state index in [2.05, 4.69) is 96.7 Å². The maximum absolute atomic E-state index is 12.6. The lowest BCUT2D eigenvalue weighted by atomic mass is 9.95. The van der Waals surface area contributed by atoms with Gasteiger partial charge in [-0.05, 0) is 117 Å². The number of urea groups is 1. The minimum Gasteiger partial charge on any atom is -0.493 e. The number of esters is 1. The van der Waals surface area contributed by atoms with E-state index < -0.39 is 23.9 Å². The van der Waals surface area contributed by atoms with E-state index in [0.29, 0.717) is 29.4 Å². The Bertz CT molecular complexity index is 1910. The molecule has 4 aromatic rings. The van der Waals surface area contributed by atoms with Crippen LogP contribution in [0.25, 0.3) is 10.8 Å². The van der Waals surface area contributed by atoms with Crippen LogP contribution in [0.2, 0.25) is 0 Å². The Morgan fingerprint density at radius 2 is 1.71 bits per heavy atom. The summed E-state index contributed by atoms with van der Waals surface area (Å²) in [5.41, 5.74) is 5.58. The highest BCUT2D eigenvalue weighted by Gasteiger charge is 2.32. The normalized spacial score (nSPS) is 14.4. The minimum atomic E-state index is -0.769. The lowest BCUT2D eigenvalue weighted by Crippen LogP contribution is -2.45. The van der Waals surface area contributed by atoms with Gasteiger partial charge in [-0.2, -0.15) is 5.10 Å². The minimum absolute atomic E-state index is 0.186. The van der Waals surface area contributed by atoms with Gasteiger partial charge in [0.1, 0.15) is 12.4 Å². The lowest BCUT2D eigenvalue weighted by molar-refractivity contribution is -0.139. The zero-order chi connectivity index (χ0) is 34.2. The molecule has 11 nitrogen and oxygen atoms in total. The van der Waals surface area contributed by atoms with E-state index in [0.717, 1.165) is 24.0 Å². The molecule has 0 aliphatic carbocycles. The molecular formula is C35H32I2N4O7. The number of ether oxygens (including phenoxy) is 4. The van der Waals surface area contributed by atoms with Gasteiger partial charge in [-0.3, -0.25) is 4.79 Å². The number of fused-ring (bicyclic) bond motifs is 1. The third-order valence-electron chi connectivity index (χ3n) is 7.26.